The molecule has 1 aromatic carbocycles. The fourth-order valence-electron chi connectivity index (χ4n) is 3.96. The number of carbonyl (C=O) groups excluding carboxylic acids is 1. The number of quaternary nitrogens is 1. The number of hydrogen-bond acceptors (Lipinski definition) is 3. The van der Waals surface area contributed by atoms with Gasteiger partial charge >= 0.3 is 0 Å². The molecule has 3 heterocycles. The van der Waals surface area contributed by atoms with Crippen LogP contribution in [0, 0.1) is 0 Å². The molecule has 1 unspecified atom stereocenters. The van der Waals surface area contributed by atoms with E-state index in [2.05, 4.69) is 46.0 Å². The molecule has 6 heteroatoms. The van der Waals surface area contributed by atoms with Crippen molar-refractivity contribution in [2.45, 2.75) is 31.9 Å². The van der Waals surface area contributed by atoms with Gasteiger partial charge in [-0.25, -0.2) is 0 Å². The quantitative estimate of drug-likeness (QED) is 0.517. The van der Waals surface area contributed by atoms with Gasteiger partial charge in [-0.2, -0.15) is 0 Å². The summed E-state index contributed by atoms with van der Waals surface area (Å²) in [6.07, 6.45) is 5.41. The fourth-order valence-corrected chi connectivity index (χ4v) is 4.73. The predicted molar refractivity (Wildman–Crippen MR) is 113 cm³/mol. The Kier molecular flexibility index (Phi) is 6.41. The molecule has 28 heavy (non-hydrogen) atoms. The van der Waals surface area contributed by atoms with Crippen molar-refractivity contribution in [1.29, 1.82) is 0 Å². The molecule has 1 fully saturated rings. The van der Waals surface area contributed by atoms with Crippen molar-refractivity contribution in [3.63, 3.8) is 0 Å². The third-order valence-corrected chi connectivity index (χ3v) is 6.22. The Morgan fingerprint density at radius 1 is 1.29 bits per heavy atom. The summed E-state index contributed by atoms with van der Waals surface area (Å²) < 4.78 is 5.80. The molecule has 1 aliphatic rings. The molecule has 3 aromatic rings. The van der Waals surface area contributed by atoms with Crippen molar-refractivity contribution >= 4 is 28.1 Å². The standard InChI is InChI=1S/C22H27N3O2S/c26-22(23-10-9-17-13-24-21-8-2-1-7-20(17)21)16-25(14-18-5-3-11-27-18)15-19-6-4-12-28-19/h1-2,4,6-8,12-13,18,24H,3,5,9-11,14-16H2,(H,23,26)/p+1/t18-/m1/s1. The summed E-state index contributed by atoms with van der Waals surface area (Å²) in [5.41, 5.74) is 2.39. The molecule has 4 rings (SSSR count). The first-order valence-corrected chi connectivity index (χ1v) is 10.9. The van der Waals surface area contributed by atoms with Crippen molar-refractivity contribution in [3.05, 3.63) is 58.4 Å². The summed E-state index contributed by atoms with van der Waals surface area (Å²) in [7, 11) is 0. The number of nitrogens with one attached hydrogen (secondary N) is 3. The monoisotopic (exact) mass is 398 g/mol. The van der Waals surface area contributed by atoms with E-state index < -0.39 is 0 Å². The number of amides is 1. The lowest BCUT2D eigenvalue weighted by molar-refractivity contribution is -0.908. The zero-order valence-corrected chi connectivity index (χ0v) is 16.9. The van der Waals surface area contributed by atoms with Gasteiger partial charge in [0.25, 0.3) is 5.91 Å². The van der Waals surface area contributed by atoms with Gasteiger partial charge in [0.1, 0.15) is 19.2 Å². The minimum absolute atomic E-state index is 0.115. The van der Waals surface area contributed by atoms with Crippen LogP contribution in [0.3, 0.4) is 0 Å². The summed E-state index contributed by atoms with van der Waals surface area (Å²) in [6, 6.07) is 12.5. The van der Waals surface area contributed by atoms with Gasteiger partial charge < -0.3 is 19.9 Å². The predicted octanol–water partition coefficient (Wildman–Crippen LogP) is 2.15. The molecule has 0 bridgehead atoms. The van der Waals surface area contributed by atoms with Crippen LogP contribution in [0.5, 0.6) is 0 Å². The van der Waals surface area contributed by atoms with Gasteiger partial charge in [-0.05, 0) is 42.3 Å². The Balaban J connectivity index is 1.29. The average Bonchev–Trinajstić information content (AvgIpc) is 3.44. The highest BCUT2D eigenvalue weighted by atomic mass is 32.1. The molecular formula is C22H28N3O2S+. The third-order valence-electron chi connectivity index (χ3n) is 5.35. The lowest BCUT2D eigenvalue weighted by Gasteiger charge is -2.21. The summed E-state index contributed by atoms with van der Waals surface area (Å²) in [4.78, 5) is 18.5. The number of rotatable bonds is 9. The molecule has 0 spiro atoms. The van der Waals surface area contributed by atoms with E-state index >= 15 is 0 Å². The summed E-state index contributed by atoms with van der Waals surface area (Å²) in [6.45, 7) is 3.79. The van der Waals surface area contributed by atoms with Gasteiger partial charge in [0.05, 0.1) is 4.88 Å². The average molecular weight is 399 g/mol. The van der Waals surface area contributed by atoms with Crippen LogP contribution in [0.4, 0.5) is 0 Å². The topological polar surface area (TPSA) is 58.6 Å². The Hall–Kier alpha value is -2.15. The smallest absolute Gasteiger partial charge is 0.275 e. The zero-order valence-electron chi connectivity index (χ0n) is 16.1. The second kappa shape index (κ2) is 9.37. The van der Waals surface area contributed by atoms with Crippen molar-refractivity contribution in [3.8, 4) is 0 Å². The van der Waals surface area contributed by atoms with Crippen LogP contribution < -0.4 is 10.2 Å². The van der Waals surface area contributed by atoms with E-state index in [1.165, 1.54) is 20.7 Å². The molecular weight excluding hydrogens is 370 g/mol. The molecule has 2 atom stereocenters. The maximum absolute atomic E-state index is 12.6. The molecule has 5 nitrogen and oxygen atoms in total. The van der Waals surface area contributed by atoms with Gasteiger partial charge in [0.15, 0.2) is 6.54 Å². The first-order chi connectivity index (χ1) is 13.8. The number of fused-ring (bicyclic) bond motifs is 1. The van der Waals surface area contributed by atoms with Gasteiger partial charge in [0, 0.05) is 30.3 Å². The molecule has 1 saturated heterocycles. The molecule has 0 radical (unpaired) electrons. The van der Waals surface area contributed by atoms with Crippen molar-refractivity contribution in [2.24, 2.45) is 0 Å². The SMILES string of the molecule is O=C(C[NH+](Cc1cccs1)C[C@H]1CCCO1)NCCc1c[nH]c2ccccc12. The molecule has 3 N–H and O–H groups in total. The zero-order chi connectivity index (χ0) is 19.2. The largest absolute Gasteiger partial charge is 0.372 e. The highest BCUT2D eigenvalue weighted by Gasteiger charge is 2.24. The minimum Gasteiger partial charge on any atom is -0.372 e. The molecule has 2 aromatic heterocycles. The summed E-state index contributed by atoms with van der Waals surface area (Å²) in [5.74, 6) is 0.115. The van der Waals surface area contributed by atoms with Crippen molar-refractivity contribution < 1.29 is 14.4 Å². The number of carbonyl (C=O) groups is 1. The summed E-state index contributed by atoms with van der Waals surface area (Å²) >= 11 is 1.76. The van der Waals surface area contributed by atoms with Crippen LogP contribution in [0.2, 0.25) is 0 Å². The number of para-hydroxylation sites is 1. The van der Waals surface area contributed by atoms with Crippen LogP contribution in [-0.2, 0) is 22.5 Å². The molecule has 1 amide bonds. The molecule has 148 valence electrons. The lowest BCUT2D eigenvalue weighted by atomic mass is 10.1. The molecule has 0 saturated carbocycles. The summed E-state index contributed by atoms with van der Waals surface area (Å²) in [5, 5.41) is 6.44. The highest BCUT2D eigenvalue weighted by Crippen LogP contribution is 2.17. The third kappa shape index (κ3) is 5.01. The van der Waals surface area contributed by atoms with E-state index in [9.17, 15) is 4.79 Å². The lowest BCUT2D eigenvalue weighted by Crippen LogP contribution is -3.13. The van der Waals surface area contributed by atoms with Crippen LogP contribution in [0.25, 0.3) is 10.9 Å². The second-order valence-corrected chi connectivity index (χ2v) is 8.51. The minimum atomic E-state index is 0.115. The Morgan fingerprint density at radius 2 is 2.21 bits per heavy atom. The fraction of sp³-hybridized carbons (Fsp3) is 0.409. The number of benzene rings is 1. The number of H-pyrrole nitrogens is 1. The second-order valence-electron chi connectivity index (χ2n) is 7.48. The Morgan fingerprint density at radius 3 is 3.04 bits per heavy atom. The van der Waals surface area contributed by atoms with E-state index in [1.807, 2.05) is 12.3 Å². The maximum atomic E-state index is 12.6. The van der Waals surface area contributed by atoms with Crippen LogP contribution in [0.15, 0.2) is 48.0 Å². The van der Waals surface area contributed by atoms with Crippen LogP contribution in [0.1, 0.15) is 23.3 Å². The first kappa shape index (κ1) is 19.2. The number of aromatic nitrogens is 1. The van der Waals surface area contributed by atoms with E-state index in [-0.39, 0.29) is 12.0 Å². The van der Waals surface area contributed by atoms with Crippen molar-refractivity contribution in [1.82, 2.24) is 10.3 Å². The first-order valence-electron chi connectivity index (χ1n) is 10.1. The number of thiophene rings is 1. The van der Waals surface area contributed by atoms with Crippen molar-refractivity contribution in [2.75, 3.05) is 26.2 Å². The van der Waals surface area contributed by atoms with E-state index in [1.54, 1.807) is 11.3 Å². The highest BCUT2D eigenvalue weighted by molar-refractivity contribution is 7.09. The van der Waals surface area contributed by atoms with E-state index in [0.29, 0.717) is 13.1 Å². The number of ether oxygens (including phenoxy) is 1. The number of hydrogen-bond donors (Lipinski definition) is 3. The van der Waals surface area contributed by atoms with Crippen LogP contribution >= 0.6 is 11.3 Å². The van der Waals surface area contributed by atoms with Gasteiger partial charge in [-0.3, -0.25) is 4.79 Å². The van der Waals surface area contributed by atoms with Gasteiger partial charge in [0.2, 0.25) is 0 Å². The molecule has 1 aliphatic heterocycles. The normalized spacial score (nSPS) is 17.8. The van der Waals surface area contributed by atoms with E-state index in [4.69, 9.17) is 4.74 Å². The van der Waals surface area contributed by atoms with Crippen LogP contribution in [-0.4, -0.2) is 43.2 Å². The van der Waals surface area contributed by atoms with E-state index in [0.717, 1.165) is 44.5 Å². The number of aromatic amines is 1. The molecule has 0 aliphatic carbocycles. The van der Waals surface area contributed by atoms with Gasteiger partial charge in [-0.15, -0.1) is 11.3 Å². The maximum Gasteiger partial charge on any atom is 0.275 e. The van der Waals surface area contributed by atoms with Gasteiger partial charge in [-0.1, -0.05) is 24.3 Å². The Labute approximate surface area is 169 Å². The Bertz CT molecular complexity index is 884.